The van der Waals surface area contributed by atoms with Crippen LogP contribution in [-0.4, -0.2) is 36.0 Å². The van der Waals surface area contributed by atoms with E-state index in [0.29, 0.717) is 6.17 Å². The van der Waals surface area contributed by atoms with Crippen molar-refractivity contribution >= 4 is 5.69 Å². The first-order valence-corrected chi connectivity index (χ1v) is 11.2. The van der Waals surface area contributed by atoms with E-state index in [0.717, 1.165) is 39.3 Å². The van der Waals surface area contributed by atoms with Crippen molar-refractivity contribution in [3.8, 4) is 0 Å². The first kappa shape index (κ1) is 20.6. The molecular formula is C27H33N3. The maximum atomic E-state index is 2.62. The molecule has 1 fully saturated rings. The molecule has 0 spiro atoms. The van der Waals surface area contributed by atoms with Gasteiger partial charge in [0.05, 0.1) is 6.17 Å². The summed E-state index contributed by atoms with van der Waals surface area (Å²) in [6, 6.07) is 31.0. The van der Waals surface area contributed by atoms with Gasteiger partial charge in [-0.15, -0.1) is 0 Å². The smallest absolute Gasteiger partial charge is 0.0892 e. The molecule has 0 aliphatic carbocycles. The second-order valence-electron chi connectivity index (χ2n) is 8.05. The van der Waals surface area contributed by atoms with Gasteiger partial charge < -0.3 is 4.90 Å². The number of benzene rings is 3. The van der Waals surface area contributed by atoms with Crippen LogP contribution in [0.3, 0.4) is 0 Å². The van der Waals surface area contributed by atoms with Crippen LogP contribution < -0.4 is 4.90 Å². The third kappa shape index (κ3) is 4.75. The van der Waals surface area contributed by atoms with Crippen molar-refractivity contribution in [1.29, 1.82) is 0 Å². The first-order valence-electron chi connectivity index (χ1n) is 11.2. The van der Waals surface area contributed by atoms with Gasteiger partial charge in [-0.3, -0.25) is 9.80 Å². The molecule has 0 atom stereocenters. The van der Waals surface area contributed by atoms with E-state index in [1.54, 1.807) is 0 Å². The van der Waals surface area contributed by atoms with E-state index < -0.39 is 0 Å². The summed E-state index contributed by atoms with van der Waals surface area (Å²) >= 11 is 0. The molecular weight excluding hydrogens is 366 g/mol. The Hall–Kier alpha value is -2.62. The molecule has 0 saturated carbocycles. The summed E-state index contributed by atoms with van der Waals surface area (Å²) in [6.45, 7) is 10.7. The number of rotatable bonds is 8. The average molecular weight is 400 g/mol. The van der Waals surface area contributed by atoms with E-state index in [2.05, 4.69) is 113 Å². The Morgan fingerprint density at radius 3 is 1.57 bits per heavy atom. The van der Waals surface area contributed by atoms with Crippen molar-refractivity contribution < 1.29 is 0 Å². The third-order valence-electron chi connectivity index (χ3n) is 6.14. The second-order valence-corrected chi connectivity index (χ2v) is 8.05. The lowest BCUT2D eigenvalue weighted by atomic mass is 10.1. The van der Waals surface area contributed by atoms with Crippen LogP contribution in [0.5, 0.6) is 0 Å². The molecule has 0 amide bonds. The maximum absolute atomic E-state index is 2.62. The second kappa shape index (κ2) is 9.92. The molecule has 1 aliphatic rings. The fourth-order valence-corrected chi connectivity index (χ4v) is 4.57. The maximum Gasteiger partial charge on any atom is 0.0892 e. The van der Waals surface area contributed by atoms with Gasteiger partial charge in [0.1, 0.15) is 0 Å². The van der Waals surface area contributed by atoms with Crippen LogP contribution in [-0.2, 0) is 13.1 Å². The molecule has 156 valence electrons. The van der Waals surface area contributed by atoms with Crippen LogP contribution in [0.15, 0.2) is 84.9 Å². The molecule has 0 unspecified atom stereocenters. The zero-order valence-corrected chi connectivity index (χ0v) is 18.2. The summed E-state index contributed by atoms with van der Waals surface area (Å²) in [6.07, 6.45) is 0.302. The molecule has 0 aromatic heterocycles. The predicted molar refractivity (Wildman–Crippen MR) is 126 cm³/mol. The fraction of sp³-hybridized carbons (Fsp3) is 0.333. The van der Waals surface area contributed by atoms with E-state index in [-0.39, 0.29) is 0 Å². The molecule has 3 aromatic rings. The van der Waals surface area contributed by atoms with Gasteiger partial charge in [0.25, 0.3) is 0 Å². The predicted octanol–water partition coefficient (Wildman–Crippen LogP) is 5.55. The van der Waals surface area contributed by atoms with E-state index >= 15 is 0 Å². The van der Waals surface area contributed by atoms with Gasteiger partial charge in [-0.05, 0) is 42.7 Å². The lowest BCUT2D eigenvalue weighted by Crippen LogP contribution is -2.30. The van der Waals surface area contributed by atoms with Gasteiger partial charge in [0, 0.05) is 45.0 Å². The van der Waals surface area contributed by atoms with E-state index in [4.69, 9.17) is 0 Å². The number of nitrogens with zero attached hydrogens (tertiary/aromatic N) is 3. The summed E-state index contributed by atoms with van der Waals surface area (Å²) < 4.78 is 0. The highest BCUT2D eigenvalue weighted by molar-refractivity contribution is 5.48. The lowest BCUT2D eigenvalue weighted by molar-refractivity contribution is 0.126. The van der Waals surface area contributed by atoms with Crippen molar-refractivity contribution in [1.82, 2.24) is 9.80 Å². The van der Waals surface area contributed by atoms with Crippen molar-refractivity contribution in [3.63, 3.8) is 0 Å². The zero-order valence-electron chi connectivity index (χ0n) is 18.2. The number of hydrogen-bond acceptors (Lipinski definition) is 3. The molecule has 1 aliphatic heterocycles. The normalized spacial score (nSPS) is 15.5. The molecule has 4 rings (SSSR count). The van der Waals surface area contributed by atoms with Crippen molar-refractivity contribution in [2.75, 3.05) is 31.1 Å². The van der Waals surface area contributed by atoms with Gasteiger partial charge in [0.15, 0.2) is 0 Å². The Morgan fingerprint density at radius 2 is 1.13 bits per heavy atom. The molecule has 3 heteroatoms. The molecule has 3 nitrogen and oxygen atoms in total. The minimum Gasteiger partial charge on any atom is -0.372 e. The molecule has 0 radical (unpaired) electrons. The highest BCUT2D eigenvalue weighted by atomic mass is 15.4. The summed E-state index contributed by atoms with van der Waals surface area (Å²) in [7, 11) is 0. The number of anilines is 1. The summed E-state index contributed by atoms with van der Waals surface area (Å²) in [4.78, 5) is 7.64. The molecule has 0 N–H and O–H groups in total. The Kier molecular flexibility index (Phi) is 6.83. The standard InChI is InChI=1S/C27H33N3/c1-3-28(4-2)26-17-15-25(16-18-26)27-29(21-23-11-7-5-8-12-23)19-20-30(27)22-24-13-9-6-10-14-24/h5-18,27H,3-4,19-22H2,1-2H3. The summed E-state index contributed by atoms with van der Waals surface area (Å²) in [5.41, 5.74) is 5.45. The monoisotopic (exact) mass is 399 g/mol. The molecule has 0 bridgehead atoms. The first-order chi connectivity index (χ1) is 14.8. The van der Waals surface area contributed by atoms with Crippen LogP contribution in [0.1, 0.15) is 36.7 Å². The summed E-state index contributed by atoms with van der Waals surface area (Å²) in [5, 5.41) is 0. The van der Waals surface area contributed by atoms with Crippen molar-refractivity contribution in [3.05, 3.63) is 102 Å². The molecule has 3 aromatic carbocycles. The Morgan fingerprint density at radius 1 is 0.667 bits per heavy atom. The van der Waals surface area contributed by atoms with E-state index in [1.807, 2.05) is 0 Å². The highest BCUT2D eigenvalue weighted by Crippen LogP contribution is 2.33. The van der Waals surface area contributed by atoms with Crippen LogP contribution in [0.4, 0.5) is 5.69 Å². The van der Waals surface area contributed by atoms with Crippen molar-refractivity contribution in [2.24, 2.45) is 0 Å². The quantitative estimate of drug-likeness (QED) is 0.492. The van der Waals surface area contributed by atoms with Gasteiger partial charge >= 0.3 is 0 Å². The van der Waals surface area contributed by atoms with Gasteiger partial charge in [-0.1, -0.05) is 72.8 Å². The highest BCUT2D eigenvalue weighted by Gasteiger charge is 2.33. The minimum absolute atomic E-state index is 0.302. The summed E-state index contributed by atoms with van der Waals surface area (Å²) in [5.74, 6) is 0. The Labute approximate surface area is 181 Å². The fourth-order valence-electron chi connectivity index (χ4n) is 4.57. The Balaban J connectivity index is 1.60. The van der Waals surface area contributed by atoms with E-state index in [9.17, 15) is 0 Å². The van der Waals surface area contributed by atoms with Crippen LogP contribution in [0.2, 0.25) is 0 Å². The van der Waals surface area contributed by atoms with Crippen molar-refractivity contribution in [2.45, 2.75) is 33.1 Å². The SMILES string of the molecule is CCN(CC)c1ccc(C2N(Cc3ccccc3)CCN2Cc2ccccc2)cc1. The van der Waals surface area contributed by atoms with Gasteiger partial charge in [-0.2, -0.15) is 0 Å². The Bertz CT molecular complexity index is 839. The molecule has 30 heavy (non-hydrogen) atoms. The topological polar surface area (TPSA) is 9.72 Å². The molecule has 1 heterocycles. The van der Waals surface area contributed by atoms with Crippen LogP contribution in [0, 0.1) is 0 Å². The van der Waals surface area contributed by atoms with Crippen LogP contribution in [0.25, 0.3) is 0 Å². The zero-order chi connectivity index (χ0) is 20.8. The largest absolute Gasteiger partial charge is 0.372 e. The molecule has 1 saturated heterocycles. The number of hydrogen-bond donors (Lipinski definition) is 0. The minimum atomic E-state index is 0.302. The lowest BCUT2D eigenvalue weighted by Gasteiger charge is -2.31. The van der Waals surface area contributed by atoms with Gasteiger partial charge in [0.2, 0.25) is 0 Å². The average Bonchev–Trinajstić information content (AvgIpc) is 3.18. The third-order valence-corrected chi connectivity index (χ3v) is 6.14. The van der Waals surface area contributed by atoms with Crippen LogP contribution >= 0.6 is 0 Å². The van der Waals surface area contributed by atoms with E-state index in [1.165, 1.54) is 22.4 Å². The van der Waals surface area contributed by atoms with Gasteiger partial charge in [-0.25, -0.2) is 0 Å².